The molecule has 0 fully saturated rings. The highest BCUT2D eigenvalue weighted by molar-refractivity contribution is 6.10. The number of carbonyl (C=O) groups excluding carboxylic acids is 1. The van der Waals surface area contributed by atoms with Crippen LogP contribution in [0.3, 0.4) is 0 Å². The molecule has 0 aromatic heterocycles. The van der Waals surface area contributed by atoms with Crippen molar-refractivity contribution in [3.63, 3.8) is 0 Å². The molecule has 2 rings (SSSR count). The number of nitrogens with zero attached hydrogens (tertiary/aromatic N) is 1. The minimum Gasteiger partial charge on any atom is -0.378 e. The van der Waals surface area contributed by atoms with Gasteiger partial charge >= 0.3 is 0 Å². The zero-order chi connectivity index (χ0) is 11.8. The molecule has 1 aliphatic heterocycles. The maximum absolute atomic E-state index is 13.0. The van der Waals surface area contributed by atoms with Gasteiger partial charge in [0.15, 0.2) is 5.84 Å². The first-order chi connectivity index (χ1) is 7.49. The van der Waals surface area contributed by atoms with E-state index in [0.29, 0.717) is 5.56 Å². The van der Waals surface area contributed by atoms with Crippen molar-refractivity contribution in [2.45, 2.75) is 19.4 Å². The van der Waals surface area contributed by atoms with Crippen LogP contribution in [0.15, 0.2) is 29.4 Å². The van der Waals surface area contributed by atoms with Crippen molar-refractivity contribution in [1.82, 2.24) is 5.32 Å². The van der Waals surface area contributed by atoms with Gasteiger partial charge < -0.3 is 10.2 Å². The van der Waals surface area contributed by atoms with Crippen molar-refractivity contribution in [2.24, 2.45) is 5.16 Å². The Morgan fingerprint density at radius 3 is 2.81 bits per heavy atom. The van der Waals surface area contributed by atoms with E-state index in [4.69, 9.17) is 4.84 Å². The third-order valence-electron chi connectivity index (χ3n) is 2.24. The lowest BCUT2D eigenvalue weighted by atomic mass is 10.1. The van der Waals surface area contributed by atoms with Gasteiger partial charge in [0.1, 0.15) is 5.82 Å². The van der Waals surface area contributed by atoms with Gasteiger partial charge in [0.05, 0.1) is 0 Å². The summed E-state index contributed by atoms with van der Waals surface area (Å²) in [5, 5.41) is 6.33. The van der Waals surface area contributed by atoms with E-state index in [1.165, 1.54) is 12.1 Å². The third kappa shape index (κ3) is 1.88. The number of amidine groups is 1. The second-order valence-electron chi connectivity index (χ2n) is 4.01. The SMILES string of the molecule is CC1(C)ON=C(c2cccc(F)c2)NC1=O. The van der Waals surface area contributed by atoms with Gasteiger partial charge in [-0.25, -0.2) is 4.39 Å². The number of oxime groups is 1. The summed E-state index contributed by atoms with van der Waals surface area (Å²) < 4.78 is 13.0. The average molecular weight is 222 g/mol. The number of carbonyl (C=O) groups is 1. The molecule has 0 saturated carbocycles. The predicted molar refractivity (Wildman–Crippen MR) is 56.2 cm³/mol. The minimum atomic E-state index is -0.989. The zero-order valence-corrected chi connectivity index (χ0v) is 8.95. The Hall–Kier alpha value is -1.91. The number of benzene rings is 1. The monoisotopic (exact) mass is 222 g/mol. The van der Waals surface area contributed by atoms with Crippen molar-refractivity contribution in [2.75, 3.05) is 0 Å². The molecular formula is C11H11FN2O2. The first kappa shape index (κ1) is 10.6. The maximum Gasteiger partial charge on any atom is 0.272 e. The van der Waals surface area contributed by atoms with Gasteiger partial charge in [-0.1, -0.05) is 17.3 Å². The molecule has 4 nitrogen and oxygen atoms in total. The molecule has 1 aromatic rings. The lowest BCUT2D eigenvalue weighted by molar-refractivity contribution is -0.143. The van der Waals surface area contributed by atoms with E-state index in [-0.39, 0.29) is 17.6 Å². The third-order valence-corrected chi connectivity index (χ3v) is 2.24. The van der Waals surface area contributed by atoms with Crippen LogP contribution in [0, 0.1) is 5.82 Å². The Morgan fingerprint density at radius 1 is 1.44 bits per heavy atom. The van der Waals surface area contributed by atoms with E-state index in [0.717, 1.165) is 0 Å². The second-order valence-corrected chi connectivity index (χ2v) is 4.01. The zero-order valence-electron chi connectivity index (χ0n) is 8.95. The van der Waals surface area contributed by atoms with Crippen LogP contribution in [0.2, 0.25) is 0 Å². The molecule has 1 aromatic carbocycles. The molecule has 0 atom stereocenters. The highest BCUT2D eigenvalue weighted by atomic mass is 19.1. The fourth-order valence-electron chi connectivity index (χ4n) is 1.24. The van der Waals surface area contributed by atoms with Crippen molar-refractivity contribution in [3.05, 3.63) is 35.6 Å². The summed E-state index contributed by atoms with van der Waals surface area (Å²) >= 11 is 0. The Balaban J connectivity index is 2.31. The summed E-state index contributed by atoms with van der Waals surface area (Å²) in [7, 11) is 0. The summed E-state index contributed by atoms with van der Waals surface area (Å²) in [5.74, 6) is -0.468. The number of hydrogen-bond donors (Lipinski definition) is 1. The van der Waals surface area contributed by atoms with Crippen LogP contribution in [-0.4, -0.2) is 17.3 Å². The summed E-state index contributed by atoms with van der Waals surface area (Å²) in [6.07, 6.45) is 0. The molecule has 5 heteroatoms. The molecule has 1 amide bonds. The highest BCUT2D eigenvalue weighted by Crippen LogP contribution is 2.16. The van der Waals surface area contributed by atoms with Crippen LogP contribution >= 0.6 is 0 Å². The number of rotatable bonds is 1. The molecule has 0 saturated heterocycles. The molecule has 0 bridgehead atoms. The number of amides is 1. The first-order valence-electron chi connectivity index (χ1n) is 4.82. The van der Waals surface area contributed by atoms with Crippen molar-refractivity contribution in [1.29, 1.82) is 0 Å². The lowest BCUT2D eigenvalue weighted by Crippen LogP contribution is -2.50. The van der Waals surface area contributed by atoms with E-state index < -0.39 is 5.60 Å². The van der Waals surface area contributed by atoms with Crippen LogP contribution in [0.4, 0.5) is 4.39 Å². The Morgan fingerprint density at radius 2 is 2.19 bits per heavy atom. The molecule has 16 heavy (non-hydrogen) atoms. The van der Waals surface area contributed by atoms with Gasteiger partial charge in [0, 0.05) is 5.56 Å². The molecule has 0 radical (unpaired) electrons. The Labute approximate surface area is 92.1 Å². The minimum absolute atomic E-state index is 0.226. The number of nitrogens with one attached hydrogen (secondary N) is 1. The van der Waals surface area contributed by atoms with Crippen molar-refractivity contribution < 1.29 is 14.0 Å². The molecule has 1 heterocycles. The smallest absolute Gasteiger partial charge is 0.272 e. The van der Waals surface area contributed by atoms with Gasteiger partial charge in [-0.3, -0.25) is 4.79 Å². The van der Waals surface area contributed by atoms with Crippen LogP contribution in [0.25, 0.3) is 0 Å². The van der Waals surface area contributed by atoms with E-state index in [1.807, 2.05) is 0 Å². The Kier molecular flexibility index (Phi) is 2.38. The van der Waals surface area contributed by atoms with E-state index >= 15 is 0 Å². The van der Waals surface area contributed by atoms with Gasteiger partial charge in [0.2, 0.25) is 5.60 Å². The lowest BCUT2D eigenvalue weighted by Gasteiger charge is -2.26. The van der Waals surface area contributed by atoms with Crippen molar-refractivity contribution in [3.8, 4) is 0 Å². The molecular weight excluding hydrogens is 211 g/mol. The molecule has 1 aliphatic rings. The second kappa shape index (κ2) is 3.59. The molecule has 0 spiro atoms. The largest absolute Gasteiger partial charge is 0.378 e. The topological polar surface area (TPSA) is 50.7 Å². The summed E-state index contributed by atoms with van der Waals surface area (Å²) in [6.45, 7) is 3.21. The fraction of sp³-hybridized carbons (Fsp3) is 0.273. The molecule has 0 unspecified atom stereocenters. The summed E-state index contributed by atoms with van der Waals surface area (Å²) in [6, 6.07) is 5.78. The van der Waals surface area contributed by atoms with Gasteiger partial charge in [-0.15, -0.1) is 0 Å². The first-order valence-corrected chi connectivity index (χ1v) is 4.82. The van der Waals surface area contributed by atoms with E-state index in [2.05, 4.69) is 10.5 Å². The van der Waals surface area contributed by atoms with Crippen molar-refractivity contribution >= 4 is 11.7 Å². The average Bonchev–Trinajstić information content (AvgIpc) is 2.22. The standard InChI is InChI=1S/C11H11FN2O2/c1-11(2)10(15)13-9(14-16-11)7-4-3-5-8(12)6-7/h3-6H,1-2H3,(H,13,14,15). The number of halogens is 1. The van der Waals surface area contributed by atoms with Gasteiger partial charge in [-0.2, -0.15) is 0 Å². The molecule has 84 valence electrons. The quantitative estimate of drug-likeness (QED) is 0.781. The summed E-state index contributed by atoms with van der Waals surface area (Å²) in [4.78, 5) is 16.6. The summed E-state index contributed by atoms with van der Waals surface area (Å²) in [5.41, 5.74) is -0.513. The predicted octanol–water partition coefficient (Wildman–Crippen LogP) is 1.41. The van der Waals surface area contributed by atoms with Gasteiger partial charge in [0.25, 0.3) is 5.91 Å². The highest BCUT2D eigenvalue weighted by Gasteiger charge is 2.35. The van der Waals surface area contributed by atoms with E-state index in [1.54, 1.807) is 26.0 Å². The molecule has 0 aliphatic carbocycles. The van der Waals surface area contributed by atoms with Gasteiger partial charge in [-0.05, 0) is 26.0 Å². The Bertz CT molecular complexity index is 469. The maximum atomic E-state index is 13.0. The normalized spacial score (nSPS) is 18.4. The number of hydrogen-bond acceptors (Lipinski definition) is 3. The molecule has 1 N–H and O–H groups in total. The fourth-order valence-corrected chi connectivity index (χ4v) is 1.24. The van der Waals surface area contributed by atoms with E-state index in [9.17, 15) is 9.18 Å². The van der Waals surface area contributed by atoms with Crippen LogP contribution in [0.1, 0.15) is 19.4 Å². The van der Waals surface area contributed by atoms with Crippen LogP contribution < -0.4 is 5.32 Å². The van der Waals surface area contributed by atoms with Crippen LogP contribution in [0.5, 0.6) is 0 Å². The van der Waals surface area contributed by atoms with Crippen LogP contribution in [-0.2, 0) is 9.63 Å².